The Labute approximate surface area is 130 Å². The molecule has 0 fully saturated rings. The molecule has 0 saturated heterocycles. The highest BCUT2D eigenvalue weighted by molar-refractivity contribution is 6.19. The van der Waals surface area contributed by atoms with Gasteiger partial charge >= 0.3 is 6.09 Å². The van der Waals surface area contributed by atoms with Crippen LogP contribution in [0.5, 0.6) is 5.75 Å². The van der Waals surface area contributed by atoms with Crippen molar-refractivity contribution in [1.82, 2.24) is 5.48 Å². The van der Waals surface area contributed by atoms with Crippen LogP contribution in [0.15, 0.2) is 24.3 Å². The van der Waals surface area contributed by atoms with Gasteiger partial charge in [-0.25, -0.2) is 4.79 Å². The molecule has 0 bridgehead atoms. The molecule has 4 rings (SSSR count). The second-order valence-corrected chi connectivity index (χ2v) is 5.62. The van der Waals surface area contributed by atoms with Gasteiger partial charge in [0.15, 0.2) is 5.75 Å². The highest BCUT2D eigenvalue weighted by atomic mass is 35.5. The predicted octanol–water partition coefficient (Wildman–Crippen LogP) is 2.70. The summed E-state index contributed by atoms with van der Waals surface area (Å²) < 4.78 is 0. The number of anilines is 1. The van der Waals surface area contributed by atoms with Gasteiger partial charge in [0, 0.05) is 29.8 Å². The molecule has 2 aromatic rings. The molecule has 1 atom stereocenters. The maximum absolute atomic E-state index is 11.9. The SMILES string of the molecule is O=C1NOc2cc3c(c4cccc1c24)C(CCl)CN3C(=O)O. The number of nitrogens with one attached hydrogen (secondary N) is 1. The Morgan fingerprint density at radius 1 is 1.50 bits per heavy atom. The molecule has 2 aromatic carbocycles. The number of benzene rings is 2. The van der Waals surface area contributed by atoms with E-state index in [0.29, 0.717) is 34.8 Å². The molecule has 2 heterocycles. The lowest BCUT2D eigenvalue weighted by Crippen LogP contribution is -2.31. The topological polar surface area (TPSA) is 78.9 Å². The van der Waals surface area contributed by atoms with E-state index in [-0.39, 0.29) is 11.8 Å². The fourth-order valence-electron chi connectivity index (χ4n) is 3.25. The van der Waals surface area contributed by atoms with Crippen LogP contribution in [0.1, 0.15) is 21.8 Å². The van der Waals surface area contributed by atoms with E-state index < -0.39 is 6.09 Å². The van der Waals surface area contributed by atoms with Crippen molar-refractivity contribution in [3.05, 3.63) is 35.4 Å². The Morgan fingerprint density at radius 3 is 3.05 bits per heavy atom. The van der Waals surface area contributed by atoms with Crippen molar-refractivity contribution in [3.63, 3.8) is 0 Å². The Morgan fingerprint density at radius 2 is 2.32 bits per heavy atom. The van der Waals surface area contributed by atoms with E-state index in [9.17, 15) is 14.7 Å². The van der Waals surface area contributed by atoms with E-state index in [1.165, 1.54) is 4.90 Å². The molecule has 2 N–H and O–H groups in total. The number of hydrogen-bond acceptors (Lipinski definition) is 3. The second kappa shape index (κ2) is 4.51. The van der Waals surface area contributed by atoms with Gasteiger partial charge in [-0.3, -0.25) is 9.69 Å². The predicted molar refractivity (Wildman–Crippen MR) is 80.9 cm³/mol. The number of fused-ring (bicyclic) bond motifs is 2. The normalized spacial score (nSPS) is 18.9. The van der Waals surface area contributed by atoms with Crippen LogP contribution in [0.2, 0.25) is 0 Å². The molecule has 2 aliphatic rings. The monoisotopic (exact) mass is 318 g/mol. The number of hydrogen-bond donors (Lipinski definition) is 2. The minimum Gasteiger partial charge on any atom is -0.465 e. The number of carbonyl (C=O) groups is 2. The third-order valence-electron chi connectivity index (χ3n) is 4.16. The first-order chi connectivity index (χ1) is 10.6. The van der Waals surface area contributed by atoms with Crippen molar-refractivity contribution in [3.8, 4) is 5.75 Å². The zero-order chi connectivity index (χ0) is 15.4. The molecule has 0 spiro atoms. The van der Waals surface area contributed by atoms with Gasteiger partial charge in [0.2, 0.25) is 0 Å². The summed E-state index contributed by atoms with van der Waals surface area (Å²) in [7, 11) is 0. The summed E-state index contributed by atoms with van der Waals surface area (Å²) in [5.41, 5.74) is 4.27. The Hall–Kier alpha value is -2.47. The van der Waals surface area contributed by atoms with Gasteiger partial charge in [-0.2, -0.15) is 5.48 Å². The standard InChI is InChI=1S/C15H11ClN2O4/c16-5-7-6-18(15(20)21)10-4-11-13-8(12(7)10)2-1-3-9(13)14(19)17-22-11/h1-4,7H,5-6H2,(H,17,19)(H,20,21). The summed E-state index contributed by atoms with van der Waals surface area (Å²) in [4.78, 5) is 29.9. The third-order valence-corrected chi connectivity index (χ3v) is 4.53. The number of hydroxylamine groups is 1. The van der Waals surface area contributed by atoms with Gasteiger partial charge in [-0.05, 0) is 17.0 Å². The summed E-state index contributed by atoms with van der Waals surface area (Å²) in [5.74, 6) is 0.337. The van der Waals surface area contributed by atoms with E-state index in [0.717, 1.165) is 10.9 Å². The van der Waals surface area contributed by atoms with Crippen molar-refractivity contribution < 1.29 is 19.5 Å². The molecular weight excluding hydrogens is 308 g/mol. The van der Waals surface area contributed by atoms with Crippen LogP contribution < -0.4 is 15.2 Å². The second-order valence-electron chi connectivity index (χ2n) is 5.31. The van der Waals surface area contributed by atoms with Crippen LogP contribution in [0, 0.1) is 0 Å². The fraction of sp³-hybridized carbons (Fsp3) is 0.200. The summed E-state index contributed by atoms with van der Waals surface area (Å²) in [6.45, 7) is 0.304. The van der Waals surface area contributed by atoms with Crippen LogP contribution in [0.4, 0.5) is 10.5 Å². The molecule has 1 unspecified atom stereocenters. The smallest absolute Gasteiger partial charge is 0.411 e. The minimum absolute atomic E-state index is 0.109. The summed E-state index contributed by atoms with van der Waals surface area (Å²) >= 11 is 6.03. The van der Waals surface area contributed by atoms with Crippen LogP contribution in [0.25, 0.3) is 10.8 Å². The largest absolute Gasteiger partial charge is 0.465 e. The van der Waals surface area contributed by atoms with Crippen molar-refractivity contribution in [2.45, 2.75) is 5.92 Å². The first-order valence-electron chi connectivity index (χ1n) is 6.75. The highest BCUT2D eigenvalue weighted by Crippen LogP contribution is 2.46. The van der Waals surface area contributed by atoms with E-state index >= 15 is 0 Å². The van der Waals surface area contributed by atoms with Gasteiger partial charge in [0.05, 0.1) is 11.3 Å². The third kappa shape index (κ3) is 1.61. The van der Waals surface area contributed by atoms with E-state index in [4.69, 9.17) is 16.4 Å². The average molecular weight is 319 g/mol. The Bertz CT molecular complexity index is 836. The molecule has 6 nitrogen and oxygen atoms in total. The zero-order valence-electron chi connectivity index (χ0n) is 11.3. The fourth-order valence-corrected chi connectivity index (χ4v) is 3.50. The van der Waals surface area contributed by atoms with Crippen molar-refractivity contribution >= 4 is 40.1 Å². The van der Waals surface area contributed by atoms with Gasteiger partial charge in [-0.15, -0.1) is 11.6 Å². The molecule has 112 valence electrons. The molecule has 0 aromatic heterocycles. The Kier molecular flexibility index (Phi) is 2.71. The quantitative estimate of drug-likeness (QED) is 0.792. The van der Waals surface area contributed by atoms with E-state index in [1.807, 2.05) is 6.07 Å². The maximum Gasteiger partial charge on any atom is 0.411 e. The van der Waals surface area contributed by atoms with E-state index in [2.05, 4.69) is 5.48 Å². The van der Waals surface area contributed by atoms with Crippen LogP contribution in [-0.4, -0.2) is 29.5 Å². The van der Waals surface area contributed by atoms with Gasteiger partial charge in [0.25, 0.3) is 5.91 Å². The highest BCUT2D eigenvalue weighted by Gasteiger charge is 2.36. The van der Waals surface area contributed by atoms with Crippen LogP contribution in [0.3, 0.4) is 0 Å². The number of amides is 2. The molecular formula is C15H11ClN2O4. The summed E-state index contributed by atoms with van der Waals surface area (Å²) in [6, 6.07) is 7.02. The lowest BCUT2D eigenvalue weighted by Gasteiger charge is -2.21. The molecule has 0 aliphatic carbocycles. The minimum atomic E-state index is -1.03. The van der Waals surface area contributed by atoms with Crippen molar-refractivity contribution in [2.24, 2.45) is 0 Å². The lowest BCUT2D eigenvalue weighted by molar-refractivity contribution is 0.0748. The molecule has 0 radical (unpaired) electrons. The summed E-state index contributed by atoms with van der Waals surface area (Å²) in [6.07, 6.45) is -1.03. The van der Waals surface area contributed by atoms with Gasteiger partial charge < -0.3 is 9.94 Å². The summed E-state index contributed by atoms with van der Waals surface area (Å²) in [5, 5.41) is 10.9. The molecule has 2 aliphatic heterocycles. The number of alkyl halides is 1. The van der Waals surface area contributed by atoms with E-state index in [1.54, 1.807) is 18.2 Å². The lowest BCUT2D eigenvalue weighted by atomic mass is 9.92. The molecule has 7 heteroatoms. The molecule has 22 heavy (non-hydrogen) atoms. The Balaban J connectivity index is 2.09. The number of carbonyl (C=O) groups excluding carboxylic acids is 1. The van der Waals surface area contributed by atoms with Crippen molar-refractivity contribution in [1.29, 1.82) is 0 Å². The van der Waals surface area contributed by atoms with Crippen LogP contribution >= 0.6 is 11.6 Å². The first kappa shape index (κ1) is 13.2. The number of carboxylic acid groups (broad SMARTS) is 1. The van der Waals surface area contributed by atoms with Crippen LogP contribution in [-0.2, 0) is 0 Å². The molecule has 0 saturated carbocycles. The number of nitrogens with zero attached hydrogens (tertiary/aromatic N) is 1. The number of rotatable bonds is 1. The maximum atomic E-state index is 11.9. The van der Waals surface area contributed by atoms with Crippen molar-refractivity contribution in [2.75, 3.05) is 17.3 Å². The number of halogens is 1. The van der Waals surface area contributed by atoms with Gasteiger partial charge in [-0.1, -0.05) is 12.1 Å². The average Bonchev–Trinajstić information content (AvgIpc) is 2.90. The first-order valence-corrected chi connectivity index (χ1v) is 7.28. The molecule has 2 amide bonds. The van der Waals surface area contributed by atoms with Gasteiger partial charge in [0.1, 0.15) is 0 Å². The zero-order valence-corrected chi connectivity index (χ0v) is 12.1.